The molecule has 6 nitrogen and oxygen atoms in total. The topological polar surface area (TPSA) is 96.9 Å². The third-order valence-corrected chi connectivity index (χ3v) is 5.19. The Morgan fingerprint density at radius 1 is 1.38 bits per heavy atom. The van der Waals surface area contributed by atoms with Crippen molar-refractivity contribution in [2.75, 3.05) is 19.8 Å². The fourth-order valence-corrected chi connectivity index (χ4v) is 3.50. The molecule has 1 aliphatic carbocycles. The highest BCUT2D eigenvalue weighted by Gasteiger charge is 2.44. The summed E-state index contributed by atoms with van der Waals surface area (Å²) in [5.41, 5.74) is 4.89. The summed E-state index contributed by atoms with van der Waals surface area (Å²) in [5, 5.41) is 15.1. The lowest BCUT2D eigenvalue weighted by Gasteiger charge is -2.35. The maximum atomic E-state index is 12.6. The van der Waals surface area contributed by atoms with E-state index in [2.05, 4.69) is 17.4 Å². The van der Waals surface area contributed by atoms with Crippen LogP contribution in [0.4, 0.5) is 0 Å². The zero-order chi connectivity index (χ0) is 15.3. The molecule has 0 bridgehead atoms. The van der Waals surface area contributed by atoms with Crippen LogP contribution in [0.5, 0.6) is 0 Å². The van der Waals surface area contributed by atoms with Gasteiger partial charge in [0.1, 0.15) is 5.41 Å². The van der Waals surface area contributed by atoms with Gasteiger partial charge in [0.2, 0.25) is 5.91 Å². The van der Waals surface area contributed by atoms with Crippen LogP contribution in [0.1, 0.15) is 45.4 Å². The first-order chi connectivity index (χ1) is 10.1. The number of nitrogens with one attached hydrogen (secondary N) is 1. The number of nitrogens with zero attached hydrogens (tertiary/aromatic N) is 1. The molecule has 2 aliphatic rings. The smallest absolute Gasteiger partial charge is 0.234 e. The molecule has 1 saturated carbocycles. The monoisotopic (exact) mass is 297 g/mol. The molecule has 0 aromatic carbocycles. The van der Waals surface area contributed by atoms with E-state index in [1.807, 2.05) is 0 Å². The molecular formula is C15H27N3O3. The molecule has 1 heterocycles. The number of hydrogen-bond acceptors (Lipinski definition) is 4. The summed E-state index contributed by atoms with van der Waals surface area (Å²) in [6.07, 6.45) is 5.87. The molecule has 120 valence electrons. The van der Waals surface area contributed by atoms with Crippen LogP contribution in [0.2, 0.25) is 0 Å². The number of oxime groups is 1. The Kier molecular flexibility index (Phi) is 5.45. The summed E-state index contributed by atoms with van der Waals surface area (Å²) < 4.78 is 5.31. The fraction of sp³-hybridized carbons (Fsp3) is 0.867. The highest BCUT2D eigenvalue weighted by Crippen LogP contribution is 2.32. The Morgan fingerprint density at radius 2 is 2.05 bits per heavy atom. The van der Waals surface area contributed by atoms with Crippen molar-refractivity contribution < 1.29 is 14.7 Å². The molecule has 1 aliphatic heterocycles. The van der Waals surface area contributed by atoms with E-state index in [-0.39, 0.29) is 11.7 Å². The van der Waals surface area contributed by atoms with E-state index in [0.717, 1.165) is 0 Å². The number of nitrogens with two attached hydrogens (primary N) is 1. The molecule has 21 heavy (non-hydrogen) atoms. The second-order valence-electron chi connectivity index (χ2n) is 6.41. The van der Waals surface area contributed by atoms with Gasteiger partial charge < -0.3 is 21.0 Å². The fourth-order valence-electron chi connectivity index (χ4n) is 3.50. The number of carbonyl (C=O) groups is 1. The van der Waals surface area contributed by atoms with Crippen LogP contribution in [0.15, 0.2) is 5.16 Å². The normalized spacial score (nSPS) is 29.9. The van der Waals surface area contributed by atoms with E-state index in [1.165, 1.54) is 25.7 Å². The molecule has 2 fully saturated rings. The number of ether oxygens (including phenoxy) is 1. The van der Waals surface area contributed by atoms with E-state index in [0.29, 0.717) is 44.4 Å². The summed E-state index contributed by atoms with van der Waals surface area (Å²) in [4.78, 5) is 12.6. The Hall–Kier alpha value is -1.30. The van der Waals surface area contributed by atoms with Crippen molar-refractivity contribution in [3.63, 3.8) is 0 Å². The molecule has 2 rings (SSSR count). The first kappa shape index (κ1) is 16.1. The molecule has 0 aromatic rings. The minimum absolute atomic E-state index is 0.00000682. The van der Waals surface area contributed by atoms with Crippen LogP contribution in [-0.4, -0.2) is 36.7 Å². The Balaban J connectivity index is 1.98. The molecule has 0 spiro atoms. The first-order valence-electron chi connectivity index (χ1n) is 7.94. The molecule has 4 N–H and O–H groups in total. The molecule has 0 aromatic heterocycles. The minimum atomic E-state index is -0.912. The van der Waals surface area contributed by atoms with Crippen LogP contribution >= 0.6 is 0 Å². The van der Waals surface area contributed by atoms with Gasteiger partial charge in [-0.15, -0.1) is 0 Å². The average molecular weight is 297 g/mol. The van der Waals surface area contributed by atoms with Gasteiger partial charge in [0.05, 0.1) is 0 Å². The van der Waals surface area contributed by atoms with Gasteiger partial charge in [-0.05, 0) is 31.1 Å². The highest BCUT2D eigenvalue weighted by molar-refractivity contribution is 6.06. The van der Waals surface area contributed by atoms with Gasteiger partial charge in [0.25, 0.3) is 0 Å². The molecule has 2 atom stereocenters. The van der Waals surface area contributed by atoms with Crippen molar-refractivity contribution in [2.24, 2.45) is 28.1 Å². The minimum Gasteiger partial charge on any atom is -0.409 e. The molecular weight excluding hydrogens is 270 g/mol. The lowest BCUT2D eigenvalue weighted by atomic mass is 9.77. The van der Waals surface area contributed by atoms with Crippen LogP contribution < -0.4 is 11.1 Å². The third-order valence-electron chi connectivity index (χ3n) is 5.19. The van der Waals surface area contributed by atoms with Gasteiger partial charge in [-0.3, -0.25) is 4.79 Å². The predicted octanol–water partition coefficient (Wildman–Crippen LogP) is 1.47. The SMILES string of the molecule is CC1CCCCC1CNC(=O)C1(C(N)=NO)CCOCC1. The molecule has 2 unspecified atom stereocenters. The van der Waals surface area contributed by atoms with Crippen LogP contribution in [0.25, 0.3) is 0 Å². The largest absolute Gasteiger partial charge is 0.409 e. The van der Waals surface area contributed by atoms with Gasteiger partial charge >= 0.3 is 0 Å². The molecule has 0 radical (unpaired) electrons. The van der Waals surface area contributed by atoms with Gasteiger partial charge in [0.15, 0.2) is 5.84 Å². The quantitative estimate of drug-likeness (QED) is 0.317. The summed E-state index contributed by atoms with van der Waals surface area (Å²) >= 11 is 0. The lowest BCUT2D eigenvalue weighted by Crippen LogP contribution is -2.53. The number of amidine groups is 1. The molecule has 1 saturated heterocycles. The molecule has 1 amide bonds. The van der Waals surface area contributed by atoms with E-state index in [1.54, 1.807) is 0 Å². The Bertz CT molecular complexity index is 392. The van der Waals surface area contributed by atoms with Crippen molar-refractivity contribution in [1.82, 2.24) is 5.32 Å². The zero-order valence-corrected chi connectivity index (χ0v) is 12.8. The van der Waals surface area contributed by atoms with Gasteiger partial charge in [0, 0.05) is 19.8 Å². The summed E-state index contributed by atoms with van der Waals surface area (Å²) in [6, 6.07) is 0. The number of rotatable bonds is 4. The maximum absolute atomic E-state index is 12.6. The summed E-state index contributed by atoms with van der Waals surface area (Å²) in [5.74, 6) is 1.05. The van der Waals surface area contributed by atoms with Crippen molar-refractivity contribution in [2.45, 2.75) is 45.4 Å². The first-order valence-corrected chi connectivity index (χ1v) is 7.94. The average Bonchev–Trinajstić information content (AvgIpc) is 2.53. The predicted molar refractivity (Wildman–Crippen MR) is 80.0 cm³/mol. The van der Waals surface area contributed by atoms with Crippen molar-refractivity contribution in [1.29, 1.82) is 0 Å². The second kappa shape index (κ2) is 7.11. The maximum Gasteiger partial charge on any atom is 0.234 e. The number of amides is 1. The van der Waals surface area contributed by atoms with E-state index in [9.17, 15) is 4.79 Å². The number of hydrogen-bond donors (Lipinski definition) is 3. The Morgan fingerprint density at radius 3 is 2.67 bits per heavy atom. The Labute approximate surface area is 126 Å². The van der Waals surface area contributed by atoms with E-state index < -0.39 is 5.41 Å². The van der Waals surface area contributed by atoms with E-state index in [4.69, 9.17) is 15.7 Å². The van der Waals surface area contributed by atoms with Gasteiger partial charge in [-0.1, -0.05) is 31.3 Å². The van der Waals surface area contributed by atoms with Crippen molar-refractivity contribution in [3.8, 4) is 0 Å². The standard InChI is InChI=1S/C15H27N3O3/c1-11-4-2-3-5-12(11)10-17-14(19)15(13(16)18-20)6-8-21-9-7-15/h11-12,20H,2-10H2,1H3,(H2,16,18)(H,17,19). The molecule has 6 heteroatoms. The summed E-state index contributed by atoms with van der Waals surface area (Å²) in [7, 11) is 0. The third kappa shape index (κ3) is 3.48. The van der Waals surface area contributed by atoms with Crippen molar-refractivity contribution in [3.05, 3.63) is 0 Å². The van der Waals surface area contributed by atoms with Crippen molar-refractivity contribution >= 4 is 11.7 Å². The van der Waals surface area contributed by atoms with Gasteiger partial charge in [-0.2, -0.15) is 0 Å². The van der Waals surface area contributed by atoms with Crippen LogP contribution in [0.3, 0.4) is 0 Å². The van der Waals surface area contributed by atoms with Crippen LogP contribution in [0, 0.1) is 17.3 Å². The second-order valence-corrected chi connectivity index (χ2v) is 6.41. The zero-order valence-electron chi connectivity index (χ0n) is 12.8. The van der Waals surface area contributed by atoms with Gasteiger partial charge in [-0.25, -0.2) is 0 Å². The highest BCUT2D eigenvalue weighted by atomic mass is 16.5. The lowest BCUT2D eigenvalue weighted by molar-refractivity contribution is -0.132. The van der Waals surface area contributed by atoms with Crippen LogP contribution in [-0.2, 0) is 9.53 Å². The van der Waals surface area contributed by atoms with E-state index >= 15 is 0 Å². The number of carbonyl (C=O) groups excluding carboxylic acids is 1. The summed E-state index contributed by atoms with van der Waals surface area (Å²) in [6.45, 7) is 3.86.